The van der Waals surface area contributed by atoms with E-state index in [1.807, 2.05) is 0 Å². The van der Waals surface area contributed by atoms with Crippen LogP contribution in [0.1, 0.15) is 10.4 Å². The number of fused-ring (bicyclic) bond motifs is 2. The van der Waals surface area contributed by atoms with Gasteiger partial charge in [0.2, 0.25) is 0 Å². The van der Waals surface area contributed by atoms with Crippen molar-refractivity contribution in [1.29, 1.82) is 0 Å². The number of nitrogens with two attached hydrogens (primary N) is 1. The molecule has 4 rings (SSSR count). The number of hydrogen-bond donors (Lipinski definition) is 3. The van der Waals surface area contributed by atoms with Gasteiger partial charge in [-0.25, -0.2) is 5.84 Å². The van der Waals surface area contributed by atoms with Gasteiger partial charge in [-0.3, -0.25) is 15.0 Å². The number of nitrogen functional groups attached to an aromatic ring is 1. The molecule has 4 N–H and O–H groups in total. The first-order valence-electron chi connectivity index (χ1n) is 8.11. The molecular formula is C20H12Br2N2O4. The molecule has 0 unspecified atom stereocenters. The third kappa shape index (κ3) is 2.81. The average molecular weight is 504 g/mol. The van der Waals surface area contributed by atoms with Crippen LogP contribution in [0, 0.1) is 0 Å². The first kappa shape index (κ1) is 18.7. The molecule has 140 valence electrons. The van der Waals surface area contributed by atoms with Crippen LogP contribution in [0.5, 0.6) is 5.75 Å². The van der Waals surface area contributed by atoms with Crippen LogP contribution in [0.15, 0.2) is 66.7 Å². The van der Waals surface area contributed by atoms with E-state index in [0.717, 1.165) is 0 Å². The van der Waals surface area contributed by atoms with Gasteiger partial charge < -0.3 is 9.52 Å². The maximum Gasteiger partial charge on any atom is 0.265 e. The van der Waals surface area contributed by atoms with Gasteiger partial charge in [0.25, 0.3) is 5.91 Å². The molecule has 0 aromatic heterocycles. The summed E-state index contributed by atoms with van der Waals surface area (Å²) in [5.41, 5.74) is 4.54. The number of benzene rings is 3. The van der Waals surface area contributed by atoms with E-state index in [2.05, 4.69) is 37.3 Å². The zero-order valence-corrected chi connectivity index (χ0v) is 17.3. The summed E-state index contributed by atoms with van der Waals surface area (Å²) >= 11 is 6.64. The summed E-state index contributed by atoms with van der Waals surface area (Å²) in [4.78, 5) is 24.5. The molecule has 6 nitrogen and oxygen atoms in total. The normalized spacial score (nSPS) is 11.1. The second-order valence-corrected chi connectivity index (χ2v) is 7.61. The molecule has 2 aromatic rings. The van der Waals surface area contributed by atoms with Crippen LogP contribution in [-0.2, 0) is 0 Å². The van der Waals surface area contributed by atoms with Crippen molar-refractivity contribution in [3.8, 4) is 28.2 Å². The van der Waals surface area contributed by atoms with Crippen molar-refractivity contribution in [1.82, 2.24) is 5.43 Å². The first-order valence-corrected chi connectivity index (χ1v) is 9.69. The predicted octanol–water partition coefficient (Wildman–Crippen LogP) is 4.40. The zero-order chi connectivity index (χ0) is 20.0. The van der Waals surface area contributed by atoms with Crippen LogP contribution in [0.4, 0.5) is 0 Å². The number of hydrazine groups is 1. The second-order valence-electron chi connectivity index (χ2n) is 6.03. The van der Waals surface area contributed by atoms with E-state index in [-0.39, 0.29) is 15.7 Å². The Morgan fingerprint density at radius 2 is 1.75 bits per heavy atom. The number of halogens is 2. The molecule has 1 aliphatic carbocycles. The Morgan fingerprint density at radius 3 is 2.50 bits per heavy atom. The van der Waals surface area contributed by atoms with Crippen molar-refractivity contribution in [2.45, 2.75) is 0 Å². The van der Waals surface area contributed by atoms with E-state index in [1.54, 1.807) is 36.4 Å². The largest absolute Gasteiger partial charge is 0.507 e. The maximum absolute atomic E-state index is 12.4. The number of phenolic OH excluding ortho intramolecular Hbond substituents is 1. The van der Waals surface area contributed by atoms with Gasteiger partial charge in [0.05, 0.1) is 0 Å². The highest BCUT2D eigenvalue weighted by molar-refractivity contribution is 9.11. The molecule has 0 saturated carbocycles. The number of nitrogens with one attached hydrogen (secondary N) is 1. The minimum absolute atomic E-state index is 0.0102. The summed E-state index contributed by atoms with van der Waals surface area (Å²) in [6.07, 6.45) is 0. The topological polar surface area (TPSA) is 106 Å². The lowest BCUT2D eigenvalue weighted by Gasteiger charge is -2.18. The first-order chi connectivity index (χ1) is 13.4. The van der Waals surface area contributed by atoms with Crippen LogP contribution >= 0.6 is 31.9 Å². The lowest BCUT2D eigenvalue weighted by molar-refractivity contribution is 0.0954. The zero-order valence-electron chi connectivity index (χ0n) is 14.1. The Balaban J connectivity index is 2.25. The highest BCUT2D eigenvalue weighted by Gasteiger charge is 2.25. The Morgan fingerprint density at radius 1 is 1.00 bits per heavy atom. The van der Waals surface area contributed by atoms with E-state index in [4.69, 9.17) is 10.3 Å². The number of aromatic hydroxyl groups is 1. The van der Waals surface area contributed by atoms with Gasteiger partial charge in [0, 0.05) is 22.1 Å². The van der Waals surface area contributed by atoms with Gasteiger partial charge in [0.15, 0.2) is 16.8 Å². The standard InChI is InChI=1S/C20H12Br2N2O4/c21-16-13(25)7-5-11-15(9-3-1-2-4-10(9)20(27)24-23)12-6-8-14(26)17(22)19(12)28-18(11)16/h1-8,25H,23H2,(H,24,27). The van der Waals surface area contributed by atoms with Gasteiger partial charge >= 0.3 is 0 Å². The smallest absolute Gasteiger partial charge is 0.265 e. The lowest BCUT2D eigenvalue weighted by Crippen LogP contribution is -2.30. The van der Waals surface area contributed by atoms with E-state index in [1.165, 1.54) is 12.1 Å². The van der Waals surface area contributed by atoms with Crippen molar-refractivity contribution in [2.75, 3.05) is 0 Å². The summed E-state index contributed by atoms with van der Waals surface area (Å²) < 4.78 is 6.58. The van der Waals surface area contributed by atoms with Crippen LogP contribution < -0.4 is 16.7 Å². The van der Waals surface area contributed by atoms with Crippen LogP contribution in [0.3, 0.4) is 0 Å². The monoisotopic (exact) mass is 502 g/mol. The Kier molecular flexibility index (Phi) is 4.70. The van der Waals surface area contributed by atoms with Gasteiger partial charge in [-0.15, -0.1) is 0 Å². The van der Waals surface area contributed by atoms with E-state index in [0.29, 0.717) is 43.5 Å². The predicted molar refractivity (Wildman–Crippen MR) is 113 cm³/mol. The van der Waals surface area contributed by atoms with Crippen molar-refractivity contribution in [2.24, 2.45) is 5.84 Å². The second kappa shape index (κ2) is 7.05. The molecule has 0 saturated heterocycles. The van der Waals surface area contributed by atoms with Gasteiger partial charge in [-0.05, 0) is 67.8 Å². The molecule has 0 spiro atoms. The number of hydrogen-bond acceptors (Lipinski definition) is 5. The van der Waals surface area contributed by atoms with Crippen molar-refractivity contribution < 1.29 is 14.3 Å². The molecule has 8 heteroatoms. The maximum atomic E-state index is 12.4. The number of carbonyl (C=O) groups excluding carboxylic acids is 1. The number of phenols is 1. The van der Waals surface area contributed by atoms with E-state index < -0.39 is 5.91 Å². The highest BCUT2D eigenvalue weighted by atomic mass is 79.9. The van der Waals surface area contributed by atoms with Crippen molar-refractivity contribution in [3.05, 3.63) is 73.3 Å². The molecule has 1 heterocycles. The third-order valence-electron chi connectivity index (χ3n) is 4.45. The molecule has 1 amide bonds. The minimum Gasteiger partial charge on any atom is -0.507 e. The lowest BCUT2D eigenvalue weighted by atomic mass is 9.90. The molecule has 1 aliphatic heterocycles. The number of rotatable bonds is 2. The number of amides is 1. The Bertz CT molecular complexity index is 1280. The molecule has 2 aromatic carbocycles. The van der Waals surface area contributed by atoms with E-state index >= 15 is 0 Å². The Hall–Kier alpha value is -2.68. The Labute approximate surface area is 175 Å². The molecular weight excluding hydrogens is 492 g/mol. The molecule has 0 atom stereocenters. The molecule has 0 bridgehead atoms. The van der Waals surface area contributed by atoms with Crippen molar-refractivity contribution >= 4 is 48.7 Å². The molecule has 28 heavy (non-hydrogen) atoms. The minimum atomic E-state index is -0.449. The van der Waals surface area contributed by atoms with Crippen LogP contribution in [-0.4, -0.2) is 11.0 Å². The summed E-state index contributed by atoms with van der Waals surface area (Å²) in [6.45, 7) is 0. The molecule has 2 aliphatic rings. The highest BCUT2D eigenvalue weighted by Crippen LogP contribution is 2.46. The summed E-state index contributed by atoms with van der Waals surface area (Å²) in [7, 11) is 0. The summed E-state index contributed by atoms with van der Waals surface area (Å²) in [5.74, 6) is 5.21. The van der Waals surface area contributed by atoms with Crippen LogP contribution in [0.25, 0.3) is 33.4 Å². The van der Waals surface area contributed by atoms with Crippen LogP contribution in [0.2, 0.25) is 0 Å². The van der Waals surface area contributed by atoms with Gasteiger partial charge in [-0.1, -0.05) is 18.2 Å². The fraction of sp³-hybridized carbons (Fsp3) is 0. The number of carbonyl (C=O) groups is 1. The summed E-state index contributed by atoms with van der Waals surface area (Å²) in [5, 5.41) is 10.7. The third-order valence-corrected chi connectivity index (χ3v) is 5.97. The molecule has 0 radical (unpaired) electrons. The quantitative estimate of drug-likeness (QED) is 0.163. The summed E-state index contributed by atoms with van der Waals surface area (Å²) in [6, 6.07) is 13.3. The van der Waals surface area contributed by atoms with Crippen molar-refractivity contribution in [3.63, 3.8) is 0 Å². The fourth-order valence-corrected chi connectivity index (χ4v) is 4.04. The SMILES string of the molecule is NNC(=O)c1ccccc1-c1c2ccc(=O)c(Br)c-2oc2c(Br)c(O)ccc12. The van der Waals surface area contributed by atoms with Gasteiger partial charge in [-0.2, -0.15) is 0 Å². The average Bonchev–Trinajstić information content (AvgIpc) is 2.72. The van der Waals surface area contributed by atoms with Gasteiger partial charge in [0.1, 0.15) is 14.7 Å². The fourth-order valence-electron chi connectivity index (χ4n) is 3.19. The van der Waals surface area contributed by atoms with E-state index in [9.17, 15) is 14.7 Å². The molecule has 0 fully saturated rings.